The first-order valence-electron chi connectivity index (χ1n) is 29.8. The smallest absolute Gasteiger partial charge is 0.306 e. The van der Waals surface area contributed by atoms with Crippen molar-refractivity contribution in [1.82, 2.24) is 0 Å². The lowest BCUT2D eigenvalue weighted by atomic mass is 10.1. The predicted octanol–water partition coefficient (Wildman–Crippen LogP) is 20.0. The van der Waals surface area contributed by atoms with Gasteiger partial charge in [-0.25, -0.2) is 0 Å². The van der Waals surface area contributed by atoms with Gasteiger partial charge in [0.15, 0.2) is 6.10 Å². The summed E-state index contributed by atoms with van der Waals surface area (Å²) < 4.78 is 16.9. The zero-order valence-electron chi connectivity index (χ0n) is 45.8. The van der Waals surface area contributed by atoms with Crippen molar-refractivity contribution < 1.29 is 28.6 Å². The van der Waals surface area contributed by atoms with E-state index in [4.69, 9.17) is 14.2 Å². The molecule has 0 aliphatic carbocycles. The molecule has 0 spiro atoms. The largest absolute Gasteiger partial charge is 0.462 e. The number of hydrogen-bond donors (Lipinski definition) is 0. The van der Waals surface area contributed by atoms with Crippen LogP contribution < -0.4 is 0 Å². The Kier molecular flexibility index (Phi) is 55.3. The van der Waals surface area contributed by atoms with E-state index >= 15 is 0 Å². The Morgan fingerprint density at radius 3 is 0.841 bits per heavy atom. The molecule has 0 unspecified atom stereocenters. The van der Waals surface area contributed by atoms with Crippen LogP contribution in [0.15, 0.2) is 60.8 Å². The van der Waals surface area contributed by atoms with Gasteiger partial charge in [-0.15, -0.1) is 0 Å². The molecule has 0 bridgehead atoms. The summed E-state index contributed by atoms with van der Waals surface area (Å²) in [6.07, 6.45) is 72.0. The normalized spacial score (nSPS) is 12.4. The first-order valence-corrected chi connectivity index (χ1v) is 29.8. The van der Waals surface area contributed by atoms with Crippen LogP contribution in [0.3, 0.4) is 0 Å². The highest BCUT2D eigenvalue weighted by atomic mass is 16.6. The zero-order chi connectivity index (χ0) is 50.0. The molecule has 0 aliphatic heterocycles. The molecule has 6 heteroatoms. The van der Waals surface area contributed by atoms with Crippen LogP contribution in [0.1, 0.15) is 303 Å². The number of allylic oxidation sites excluding steroid dienone is 10. The number of esters is 3. The first-order chi connectivity index (χ1) is 34.0. The molecule has 0 fully saturated rings. The van der Waals surface area contributed by atoms with E-state index in [1.54, 1.807) is 0 Å². The maximum absolute atomic E-state index is 12.9. The summed E-state index contributed by atoms with van der Waals surface area (Å²) in [7, 11) is 0. The molecule has 0 amide bonds. The fraction of sp³-hybridized carbons (Fsp3) is 0.794. The van der Waals surface area contributed by atoms with Gasteiger partial charge in [-0.1, -0.05) is 236 Å². The summed E-state index contributed by atoms with van der Waals surface area (Å²) in [5.74, 6) is -0.892. The van der Waals surface area contributed by atoms with Crippen molar-refractivity contribution in [3.63, 3.8) is 0 Å². The second-order valence-corrected chi connectivity index (χ2v) is 19.9. The molecule has 0 saturated heterocycles. The second kappa shape index (κ2) is 57.7. The quantitative estimate of drug-likeness (QED) is 0.0262. The van der Waals surface area contributed by atoms with Gasteiger partial charge in [-0.3, -0.25) is 14.4 Å². The molecule has 0 radical (unpaired) electrons. The molecule has 0 aromatic heterocycles. The van der Waals surface area contributed by atoms with Gasteiger partial charge in [0.2, 0.25) is 0 Å². The summed E-state index contributed by atoms with van der Waals surface area (Å²) in [6, 6.07) is 0. The summed E-state index contributed by atoms with van der Waals surface area (Å²) >= 11 is 0. The topological polar surface area (TPSA) is 78.9 Å². The summed E-state index contributed by atoms with van der Waals surface area (Å²) in [5, 5.41) is 0. The van der Waals surface area contributed by atoms with Crippen molar-refractivity contribution in [2.75, 3.05) is 13.2 Å². The van der Waals surface area contributed by atoms with Gasteiger partial charge in [0, 0.05) is 19.3 Å². The van der Waals surface area contributed by atoms with Crippen molar-refractivity contribution in [3.8, 4) is 0 Å². The molecule has 0 aromatic carbocycles. The third-order valence-corrected chi connectivity index (χ3v) is 13.0. The molecule has 69 heavy (non-hydrogen) atoms. The highest BCUT2D eigenvalue weighted by Crippen LogP contribution is 2.15. The van der Waals surface area contributed by atoms with E-state index in [2.05, 4.69) is 81.5 Å². The van der Waals surface area contributed by atoms with Gasteiger partial charge >= 0.3 is 17.9 Å². The Balaban J connectivity index is 4.39. The monoisotopic (exact) mass is 965 g/mol. The van der Waals surface area contributed by atoms with Crippen LogP contribution in [0.5, 0.6) is 0 Å². The minimum absolute atomic E-state index is 0.0816. The highest BCUT2D eigenvalue weighted by molar-refractivity contribution is 5.71. The number of unbranched alkanes of at least 4 members (excludes halogenated alkanes) is 33. The molecule has 0 rings (SSSR count). The first kappa shape index (κ1) is 66.1. The molecule has 0 aliphatic rings. The van der Waals surface area contributed by atoms with Crippen LogP contribution in [0.4, 0.5) is 0 Å². The lowest BCUT2D eigenvalue weighted by Gasteiger charge is -2.18. The van der Waals surface area contributed by atoms with Crippen molar-refractivity contribution in [3.05, 3.63) is 60.8 Å². The summed E-state index contributed by atoms with van der Waals surface area (Å²) in [4.78, 5) is 38.2. The molecular weight excluding hydrogens is 853 g/mol. The van der Waals surface area contributed by atoms with Gasteiger partial charge < -0.3 is 14.2 Å². The van der Waals surface area contributed by atoms with Gasteiger partial charge in [-0.2, -0.15) is 0 Å². The zero-order valence-corrected chi connectivity index (χ0v) is 45.8. The lowest BCUT2D eigenvalue weighted by molar-refractivity contribution is -0.167. The molecule has 0 heterocycles. The Hall–Kier alpha value is -2.89. The van der Waals surface area contributed by atoms with Crippen LogP contribution in [0, 0.1) is 0 Å². The Morgan fingerprint density at radius 1 is 0.290 bits per heavy atom. The highest BCUT2D eigenvalue weighted by Gasteiger charge is 2.19. The fourth-order valence-electron chi connectivity index (χ4n) is 8.44. The van der Waals surface area contributed by atoms with Gasteiger partial charge in [0.1, 0.15) is 13.2 Å². The number of carbonyl (C=O) groups is 3. The predicted molar refractivity (Wildman–Crippen MR) is 298 cm³/mol. The molecule has 6 nitrogen and oxygen atoms in total. The number of hydrogen-bond acceptors (Lipinski definition) is 6. The van der Waals surface area contributed by atoms with Crippen LogP contribution in [-0.4, -0.2) is 37.2 Å². The fourth-order valence-corrected chi connectivity index (χ4v) is 8.44. The van der Waals surface area contributed by atoms with E-state index in [1.165, 1.54) is 180 Å². The number of ether oxygens (including phenoxy) is 3. The van der Waals surface area contributed by atoms with E-state index in [0.717, 1.165) is 83.5 Å². The van der Waals surface area contributed by atoms with E-state index in [-0.39, 0.29) is 31.1 Å². The number of rotatable bonds is 54. The molecular formula is C63H112O6. The molecule has 0 aromatic rings. The van der Waals surface area contributed by atoms with Crippen molar-refractivity contribution >= 4 is 17.9 Å². The van der Waals surface area contributed by atoms with Gasteiger partial charge in [0.05, 0.1) is 0 Å². The average molecular weight is 966 g/mol. The second-order valence-electron chi connectivity index (χ2n) is 19.9. The van der Waals surface area contributed by atoms with Crippen LogP contribution >= 0.6 is 0 Å². The maximum atomic E-state index is 12.9. The lowest BCUT2D eigenvalue weighted by Crippen LogP contribution is -2.30. The van der Waals surface area contributed by atoms with E-state index in [9.17, 15) is 14.4 Å². The molecule has 0 N–H and O–H groups in total. The third-order valence-electron chi connectivity index (χ3n) is 13.0. The summed E-state index contributed by atoms with van der Waals surface area (Å²) in [6.45, 7) is 6.60. The van der Waals surface area contributed by atoms with Crippen LogP contribution in [0.2, 0.25) is 0 Å². The van der Waals surface area contributed by atoms with E-state index in [1.807, 2.05) is 0 Å². The van der Waals surface area contributed by atoms with Gasteiger partial charge in [0.25, 0.3) is 0 Å². The van der Waals surface area contributed by atoms with Gasteiger partial charge in [-0.05, 0) is 109 Å². The SMILES string of the molecule is CCCCC/C=C/C/C=C/CCCCCCCCCCCC(=O)OC[C@@H](COC(=O)CCCCCCC/C=C/C/C=C/CCCCC)OC(=O)CCCCCCCCC/C=C/CCCCCCCC. The average Bonchev–Trinajstić information content (AvgIpc) is 3.35. The summed E-state index contributed by atoms with van der Waals surface area (Å²) in [5.41, 5.74) is 0. The molecule has 400 valence electrons. The standard InChI is InChI=1S/C63H112O6/c1-4-7-10-13-16-19-22-25-28-30-31-33-35-38-41-44-47-50-53-56-62(65)68-59-60(58-67-61(64)55-52-49-46-43-40-37-34-27-24-21-18-15-12-9-6-3)69-63(66)57-54-51-48-45-42-39-36-32-29-26-23-20-17-14-11-8-5-2/h16,18-19,21,25-29,34,60H,4-15,17,20,22-24,30-33,35-59H2,1-3H3/b19-16+,21-18+,28-25+,29-26+,34-27+/t60-/m1/s1. The maximum Gasteiger partial charge on any atom is 0.306 e. The van der Waals surface area contributed by atoms with Crippen molar-refractivity contribution in [2.45, 2.75) is 309 Å². The van der Waals surface area contributed by atoms with Crippen LogP contribution in [0.25, 0.3) is 0 Å². The van der Waals surface area contributed by atoms with Crippen molar-refractivity contribution in [1.29, 1.82) is 0 Å². The van der Waals surface area contributed by atoms with E-state index in [0.29, 0.717) is 19.3 Å². The van der Waals surface area contributed by atoms with E-state index < -0.39 is 6.10 Å². The molecule has 0 saturated carbocycles. The Morgan fingerprint density at radius 2 is 0.522 bits per heavy atom. The van der Waals surface area contributed by atoms with Crippen LogP contribution in [-0.2, 0) is 28.6 Å². The minimum Gasteiger partial charge on any atom is -0.462 e. The Bertz CT molecular complexity index is 1250. The Labute approximate surface area is 428 Å². The molecule has 1 atom stereocenters. The van der Waals surface area contributed by atoms with Crippen molar-refractivity contribution in [2.24, 2.45) is 0 Å². The third kappa shape index (κ3) is 55.9. The number of carbonyl (C=O) groups excluding carboxylic acids is 3. The minimum atomic E-state index is -0.784.